The largest absolute Gasteiger partial charge is 0.366 e. The zero-order valence-corrected chi connectivity index (χ0v) is 16.4. The van der Waals surface area contributed by atoms with Crippen LogP contribution in [0.15, 0.2) is 54.9 Å². The van der Waals surface area contributed by atoms with Crippen molar-refractivity contribution >= 4 is 17.5 Å². The minimum absolute atomic E-state index is 0.0766. The Hall–Kier alpha value is -3.59. The molecule has 0 aliphatic carbocycles. The van der Waals surface area contributed by atoms with Gasteiger partial charge in [0.15, 0.2) is 0 Å². The summed E-state index contributed by atoms with van der Waals surface area (Å²) in [5.74, 6) is 1.07. The molecule has 9 heteroatoms. The predicted molar refractivity (Wildman–Crippen MR) is 113 cm³/mol. The summed E-state index contributed by atoms with van der Waals surface area (Å²) in [5, 5.41) is 17.6. The number of benzene rings is 1. The molecule has 0 spiro atoms. The molecule has 0 bridgehead atoms. The number of pyridine rings is 1. The number of rotatable bonds is 9. The molecule has 3 aromatic rings. The second kappa shape index (κ2) is 9.56. The van der Waals surface area contributed by atoms with Crippen LogP contribution in [0.3, 0.4) is 0 Å². The molecule has 0 atom stereocenters. The van der Waals surface area contributed by atoms with Crippen LogP contribution in [-0.2, 0) is 6.54 Å². The quantitative estimate of drug-likeness (QED) is 0.422. The molecule has 150 valence electrons. The number of nitrogens with zero attached hydrogens (tertiary/aromatic N) is 5. The summed E-state index contributed by atoms with van der Waals surface area (Å²) >= 11 is 0. The minimum Gasteiger partial charge on any atom is -0.366 e. The second-order valence-electron chi connectivity index (χ2n) is 6.67. The number of nitro benzene ring substituents is 1. The Morgan fingerprint density at radius 3 is 2.55 bits per heavy atom. The van der Waals surface area contributed by atoms with E-state index in [1.165, 1.54) is 6.07 Å². The highest BCUT2D eigenvalue weighted by Gasteiger charge is 2.13. The third-order valence-electron chi connectivity index (χ3n) is 4.19. The summed E-state index contributed by atoms with van der Waals surface area (Å²) in [7, 11) is 3.99. The zero-order valence-electron chi connectivity index (χ0n) is 16.4. The lowest BCUT2D eigenvalue weighted by Gasteiger charge is -2.13. The van der Waals surface area contributed by atoms with Gasteiger partial charge in [-0.1, -0.05) is 18.2 Å². The molecule has 0 fully saturated rings. The fraction of sp³-hybridized carbons (Fsp3) is 0.250. The number of nitrogens with one attached hydrogen (secondary N) is 2. The second-order valence-corrected chi connectivity index (χ2v) is 6.67. The Kier molecular flexibility index (Phi) is 6.64. The van der Waals surface area contributed by atoms with Crippen LogP contribution in [0.5, 0.6) is 0 Å². The molecule has 2 aromatic heterocycles. The van der Waals surface area contributed by atoms with Gasteiger partial charge in [0.1, 0.15) is 5.82 Å². The third-order valence-corrected chi connectivity index (χ3v) is 4.19. The van der Waals surface area contributed by atoms with Crippen molar-refractivity contribution in [3.63, 3.8) is 0 Å². The number of hydrogen-bond donors (Lipinski definition) is 2. The molecule has 2 heterocycles. The summed E-state index contributed by atoms with van der Waals surface area (Å²) in [6.07, 6.45) is 3.41. The van der Waals surface area contributed by atoms with Gasteiger partial charge < -0.3 is 15.5 Å². The highest BCUT2D eigenvalue weighted by Crippen LogP contribution is 2.23. The molecule has 0 aliphatic heterocycles. The van der Waals surface area contributed by atoms with Gasteiger partial charge in [0, 0.05) is 55.3 Å². The average molecular weight is 393 g/mol. The summed E-state index contributed by atoms with van der Waals surface area (Å²) in [6, 6.07) is 12.2. The first kappa shape index (κ1) is 20.2. The van der Waals surface area contributed by atoms with E-state index < -0.39 is 0 Å². The summed E-state index contributed by atoms with van der Waals surface area (Å²) in [4.78, 5) is 26.0. The lowest BCUT2D eigenvalue weighted by atomic mass is 10.1. The van der Waals surface area contributed by atoms with E-state index in [0.29, 0.717) is 23.9 Å². The smallest absolute Gasteiger partial charge is 0.274 e. The molecular weight excluding hydrogens is 370 g/mol. The standard InChI is InChI=1S/C20H23N7O2/c1-26(2)12-11-22-20-24-17(15-7-9-21-10-8-15)13-19(25-20)23-14-16-5-3-4-6-18(16)27(28)29/h3-10,13H,11-12,14H2,1-2H3,(H2,22,23,24,25). The van der Waals surface area contributed by atoms with Gasteiger partial charge in [-0.25, -0.2) is 4.98 Å². The maximum absolute atomic E-state index is 11.2. The van der Waals surface area contributed by atoms with Crippen LogP contribution in [0.2, 0.25) is 0 Å². The first-order chi connectivity index (χ1) is 14.0. The van der Waals surface area contributed by atoms with E-state index in [4.69, 9.17) is 0 Å². The maximum atomic E-state index is 11.2. The fourth-order valence-corrected chi connectivity index (χ4v) is 2.70. The van der Waals surface area contributed by atoms with Crippen molar-refractivity contribution in [1.29, 1.82) is 0 Å². The van der Waals surface area contributed by atoms with Gasteiger partial charge >= 0.3 is 0 Å². The van der Waals surface area contributed by atoms with Crippen molar-refractivity contribution in [3.8, 4) is 11.3 Å². The Bertz CT molecular complexity index is 964. The van der Waals surface area contributed by atoms with E-state index in [1.54, 1.807) is 30.6 Å². The molecule has 0 aliphatic rings. The Labute approximate surface area is 169 Å². The molecule has 0 unspecified atom stereocenters. The number of anilines is 2. The van der Waals surface area contributed by atoms with Gasteiger partial charge in [0.25, 0.3) is 5.69 Å². The van der Waals surface area contributed by atoms with Crippen LogP contribution in [0.1, 0.15) is 5.56 Å². The van der Waals surface area contributed by atoms with Crippen molar-refractivity contribution in [3.05, 3.63) is 70.5 Å². The average Bonchev–Trinajstić information content (AvgIpc) is 2.72. The van der Waals surface area contributed by atoms with Gasteiger partial charge in [0.2, 0.25) is 5.95 Å². The SMILES string of the molecule is CN(C)CCNc1nc(NCc2ccccc2[N+](=O)[O-])cc(-c2ccncc2)n1. The summed E-state index contributed by atoms with van der Waals surface area (Å²) in [6.45, 7) is 1.80. The van der Waals surface area contributed by atoms with Gasteiger partial charge in [-0.15, -0.1) is 0 Å². The molecule has 0 radical (unpaired) electrons. The molecular formula is C20H23N7O2. The Morgan fingerprint density at radius 2 is 1.83 bits per heavy atom. The number of hydrogen-bond acceptors (Lipinski definition) is 8. The van der Waals surface area contributed by atoms with E-state index in [0.717, 1.165) is 17.8 Å². The molecule has 1 aromatic carbocycles. The van der Waals surface area contributed by atoms with Crippen LogP contribution < -0.4 is 10.6 Å². The number of nitro groups is 1. The number of aromatic nitrogens is 3. The molecule has 0 saturated carbocycles. The third kappa shape index (κ3) is 5.69. The maximum Gasteiger partial charge on any atom is 0.274 e. The van der Waals surface area contributed by atoms with Gasteiger partial charge in [-0.2, -0.15) is 4.98 Å². The fourth-order valence-electron chi connectivity index (χ4n) is 2.70. The molecule has 0 saturated heterocycles. The molecule has 3 rings (SSSR count). The predicted octanol–water partition coefficient (Wildman–Crippen LogP) is 3.03. The molecule has 0 amide bonds. The van der Waals surface area contributed by atoms with E-state index in [9.17, 15) is 10.1 Å². The van der Waals surface area contributed by atoms with Gasteiger partial charge in [0.05, 0.1) is 10.6 Å². The Morgan fingerprint density at radius 1 is 1.07 bits per heavy atom. The van der Waals surface area contributed by atoms with Crippen molar-refractivity contribution < 1.29 is 4.92 Å². The van der Waals surface area contributed by atoms with Gasteiger partial charge in [-0.05, 0) is 26.2 Å². The number of likely N-dealkylation sites (N-methyl/N-ethyl adjacent to an activating group) is 1. The van der Waals surface area contributed by atoms with Crippen LogP contribution in [0.4, 0.5) is 17.5 Å². The zero-order chi connectivity index (χ0) is 20.6. The van der Waals surface area contributed by atoms with Crippen LogP contribution in [-0.4, -0.2) is 52.0 Å². The van der Waals surface area contributed by atoms with Gasteiger partial charge in [-0.3, -0.25) is 15.1 Å². The van der Waals surface area contributed by atoms with Crippen molar-refractivity contribution in [2.75, 3.05) is 37.8 Å². The van der Waals surface area contributed by atoms with E-state index in [1.807, 2.05) is 32.3 Å². The molecule has 9 nitrogen and oxygen atoms in total. The van der Waals surface area contributed by atoms with Crippen LogP contribution >= 0.6 is 0 Å². The van der Waals surface area contributed by atoms with Crippen molar-refractivity contribution in [2.45, 2.75) is 6.54 Å². The summed E-state index contributed by atoms with van der Waals surface area (Å²) in [5.41, 5.74) is 2.31. The first-order valence-electron chi connectivity index (χ1n) is 9.17. The van der Waals surface area contributed by atoms with Crippen molar-refractivity contribution in [1.82, 2.24) is 19.9 Å². The highest BCUT2D eigenvalue weighted by atomic mass is 16.6. The lowest BCUT2D eigenvalue weighted by molar-refractivity contribution is -0.385. The Balaban J connectivity index is 1.84. The van der Waals surface area contributed by atoms with Crippen molar-refractivity contribution in [2.24, 2.45) is 0 Å². The normalized spacial score (nSPS) is 10.7. The monoisotopic (exact) mass is 393 g/mol. The lowest BCUT2D eigenvalue weighted by Crippen LogP contribution is -2.21. The topological polar surface area (TPSA) is 109 Å². The van der Waals surface area contributed by atoms with E-state index in [2.05, 4.69) is 30.5 Å². The molecule has 2 N–H and O–H groups in total. The van der Waals surface area contributed by atoms with E-state index in [-0.39, 0.29) is 17.2 Å². The minimum atomic E-state index is -0.381. The van der Waals surface area contributed by atoms with Crippen LogP contribution in [0, 0.1) is 10.1 Å². The molecule has 29 heavy (non-hydrogen) atoms. The number of para-hydroxylation sites is 1. The highest BCUT2D eigenvalue weighted by molar-refractivity contribution is 5.64. The van der Waals surface area contributed by atoms with Crippen LogP contribution in [0.25, 0.3) is 11.3 Å². The van der Waals surface area contributed by atoms with E-state index >= 15 is 0 Å². The summed E-state index contributed by atoms with van der Waals surface area (Å²) < 4.78 is 0. The first-order valence-corrected chi connectivity index (χ1v) is 9.17.